The van der Waals surface area contributed by atoms with Gasteiger partial charge >= 0.3 is 5.97 Å². The lowest BCUT2D eigenvalue weighted by molar-refractivity contribution is -0.141. The number of hydrogen-bond acceptors (Lipinski definition) is 3. The van der Waals surface area contributed by atoms with Gasteiger partial charge < -0.3 is 5.11 Å². The van der Waals surface area contributed by atoms with E-state index in [4.69, 9.17) is 16.6 Å². The number of aryl methyl sites for hydroxylation is 3. The highest BCUT2D eigenvalue weighted by molar-refractivity contribution is 7.19. The maximum Gasteiger partial charge on any atom is 0.306 e. The number of nitrogens with zero attached hydrogens (tertiary/aromatic N) is 1. The number of pyridine rings is 1. The molecule has 2 heterocycles. The van der Waals surface area contributed by atoms with Crippen molar-refractivity contribution in [1.82, 2.24) is 4.98 Å². The van der Waals surface area contributed by atoms with Crippen LogP contribution in [0.3, 0.4) is 0 Å². The van der Waals surface area contributed by atoms with E-state index < -0.39 is 5.97 Å². The Hall–Kier alpha value is -1.91. The summed E-state index contributed by atoms with van der Waals surface area (Å²) >= 11 is 8.02. The van der Waals surface area contributed by atoms with E-state index in [0.717, 1.165) is 41.2 Å². The van der Waals surface area contributed by atoms with Gasteiger partial charge in [0.2, 0.25) is 0 Å². The lowest BCUT2D eigenvalue weighted by Gasteiger charge is -2.17. The third-order valence-corrected chi connectivity index (χ3v) is 7.47. The van der Waals surface area contributed by atoms with Crippen LogP contribution in [0.15, 0.2) is 24.3 Å². The zero-order valence-corrected chi connectivity index (χ0v) is 18.5. The number of carboxylic acids is 1. The monoisotopic (exact) mass is 427 g/mol. The number of hydrogen-bond donors (Lipinski definition) is 1. The molecule has 1 aromatic carbocycles. The van der Waals surface area contributed by atoms with E-state index in [-0.39, 0.29) is 5.92 Å². The predicted octanol–water partition coefficient (Wildman–Crippen LogP) is 6.85. The van der Waals surface area contributed by atoms with Crippen molar-refractivity contribution in [2.75, 3.05) is 0 Å². The number of fused-ring (bicyclic) bond motifs is 3. The van der Waals surface area contributed by atoms with Crippen LogP contribution in [0.2, 0.25) is 5.02 Å². The van der Waals surface area contributed by atoms with Gasteiger partial charge in [0.25, 0.3) is 0 Å². The van der Waals surface area contributed by atoms with Crippen molar-refractivity contribution >= 4 is 39.1 Å². The van der Waals surface area contributed by atoms with Gasteiger partial charge in [-0.25, -0.2) is 4.98 Å². The molecular weight excluding hydrogens is 402 g/mol. The smallest absolute Gasteiger partial charge is 0.306 e. The summed E-state index contributed by atoms with van der Waals surface area (Å²) in [6.07, 6.45) is 7.13. The van der Waals surface area contributed by atoms with Crippen LogP contribution in [0.4, 0.5) is 0 Å². The van der Waals surface area contributed by atoms with Gasteiger partial charge in [-0.05, 0) is 86.3 Å². The first-order valence-electron chi connectivity index (χ1n) is 10.4. The fraction of sp³-hybridized carbons (Fsp3) is 0.417. The van der Waals surface area contributed by atoms with Gasteiger partial charge in [0.05, 0.1) is 5.92 Å². The minimum atomic E-state index is -0.722. The molecule has 0 spiro atoms. The van der Waals surface area contributed by atoms with Gasteiger partial charge in [-0.1, -0.05) is 30.7 Å². The molecule has 29 heavy (non-hydrogen) atoms. The standard InChI is InChI=1S/C24H26ClNO2S/c1-14(24(27)28)6-5-8-18-15(2)26-23-22(19-7-3-4-9-20(19)29-23)21(18)16-10-12-17(25)13-11-16/h10-14H,3-9H2,1-2H3,(H,27,28). The molecule has 0 amide bonds. The van der Waals surface area contributed by atoms with Crippen molar-refractivity contribution in [2.45, 2.75) is 58.8 Å². The summed E-state index contributed by atoms with van der Waals surface area (Å²) in [5.41, 5.74) is 6.25. The minimum Gasteiger partial charge on any atom is -0.481 e. The molecule has 0 bridgehead atoms. The zero-order chi connectivity index (χ0) is 20.5. The van der Waals surface area contributed by atoms with Crippen LogP contribution >= 0.6 is 22.9 Å². The zero-order valence-electron chi connectivity index (χ0n) is 16.9. The average Bonchev–Trinajstić information content (AvgIpc) is 3.06. The van der Waals surface area contributed by atoms with Crippen LogP contribution in [0.25, 0.3) is 21.3 Å². The van der Waals surface area contributed by atoms with Crippen molar-refractivity contribution in [2.24, 2.45) is 5.92 Å². The Labute approximate surface area is 180 Å². The summed E-state index contributed by atoms with van der Waals surface area (Å²) in [4.78, 5) is 18.8. The van der Waals surface area contributed by atoms with E-state index in [0.29, 0.717) is 6.42 Å². The van der Waals surface area contributed by atoms with Gasteiger partial charge in [0, 0.05) is 21.0 Å². The Morgan fingerprint density at radius 1 is 1.24 bits per heavy atom. The molecule has 1 aliphatic carbocycles. The van der Waals surface area contributed by atoms with E-state index in [9.17, 15) is 9.90 Å². The molecule has 3 aromatic rings. The molecule has 0 fully saturated rings. The second kappa shape index (κ2) is 8.45. The van der Waals surface area contributed by atoms with E-state index in [1.54, 1.807) is 6.92 Å². The number of carbonyl (C=O) groups is 1. The van der Waals surface area contributed by atoms with E-state index in [1.165, 1.54) is 45.4 Å². The molecule has 0 saturated carbocycles. The molecule has 152 valence electrons. The van der Waals surface area contributed by atoms with Crippen molar-refractivity contribution in [1.29, 1.82) is 0 Å². The maximum atomic E-state index is 11.2. The normalized spacial score (nSPS) is 14.7. The molecule has 3 nitrogen and oxygen atoms in total. The molecule has 1 aliphatic rings. The van der Waals surface area contributed by atoms with E-state index in [2.05, 4.69) is 19.1 Å². The van der Waals surface area contributed by atoms with Gasteiger partial charge in [-0.15, -0.1) is 11.3 Å². The highest BCUT2D eigenvalue weighted by atomic mass is 35.5. The van der Waals surface area contributed by atoms with Gasteiger partial charge in [-0.2, -0.15) is 0 Å². The Morgan fingerprint density at radius 2 is 1.97 bits per heavy atom. The lowest BCUT2D eigenvalue weighted by Crippen LogP contribution is -2.10. The molecule has 1 unspecified atom stereocenters. The van der Waals surface area contributed by atoms with Crippen molar-refractivity contribution in [3.63, 3.8) is 0 Å². The molecule has 0 saturated heterocycles. The number of rotatable bonds is 6. The molecule has 5 heteroatoms. The minimum absolute atomic E-state index is 0.320. The second-order valence-electron chi connectivity index (χ2n) is 8.08. The van der Waals surface area contributed by atoms with Gasteiger partial charge in [0.15, 0.2) is 0 Å². The molecule has 1 atom stereocenters. The number of aliphatic carboxylic acids is 1. The lowest BCUT2D eigenvalue weighted by atomic mass is 9.88. The summed E-state index contributed by atoms with van der Waals surface area (Å²) < 4.78 is 0. The molecule has 1 N–H and O–H groups in total. The second-order valence-corrected chi connectivity index (χ2v) is 9.60. The third-order valence-electron chi connectivity index (χ3n) is 6.03. The number of carboxylic acid groups (broad SMARTS) is 1. The summed E-state index contributed by atoms with van der Waals surface area (Å²) in [7, 11) is 0. The predicted molar refractivity (Wildman–Crippen MR) is 121 cm³/mol. The fourth-order valence-corrected chi connectivity index (χ4v) is 5.83. The number of thiophene rings is 1. The van der Waals surface area contributed by atoms with Crippen LogP contribution < -0.4 is 0 Å². The van der Waals surface area contributed by atoms with Crippen LogP contribution in [-0.2, 0) is 24.1 Å². The summed E-state index contributed by atoms with van der Waals surface area (Å²) in [5, 5.41) is 11.3. The molecular formula is C24H26ClNO2S. The quantitative estimate of drug-likeness (QED) is 0.468. The summed E-state index contributed by atoms with van der Waals surface area (Å²) in [6, 6.07) is 8.11. The third kappa shape index (κ3) is 4.06. The van der Waals surface area contributed by atoms with Crippen LogP contribution in [0.5, 0.6) is 0 Å². The van der Waals surface area contributed by atoms with Crippen LogP contribution in [-0.4, -0.2) is 16.1 Å². The first-order valence-corrected chi connectivity index (χ1v) is 11.6. The highest BCUT2D eigenvalue weighted by Crippen LogP contribution is 2.43. The number of halogens is 1. The van der Waals surface area contributed by atoms with Gasteiger partial charge in [-0.3, -0.25) is 4.79 Å². The summed E-state index contributed by atoms with van der Waals surface area (Å²) in [5.74, 6) is -1.04. The molecule has 0 aliphatic heterocycles. The van der Waals surface area contributed by atoms with Crippen LogP contribution in [0, 0.1) is 12.8 Å². The van der Waals surface area contributed by atoms with E-state index >= 15 is 0 Å². The SMILES string of the molecule is Cc1nc2sc3c(c2c(-c2ccc(Cl)cc2)c1CCCC(C)C(=O)O)CCCC3. The van der Waals surface area contributed by atoms with Gasteiger partial charge in [0.1, 0.15) is 4.83 Å². The Morgan fingerprint density at radius 3 is 2.69 bits per heavy atom. The first-order chi connectivity index (χ1) is 14.0. The van der Waals surface area contributed by atoms with Crippen molar-refractivity contribution < 1.29 is 9.90 Å². The maximum absolute atomic E-state index is 11.2. The molecule has 0 radical (unpaired) electrons. The van der Waals surface area contributed by atoms with Crippen LogP contribution in [0.1, 0.15) is 54.3 Å². The Kier molecular flexibility index (Phi) is 5.93. The molecule has 2 aromatic heterocycles. The van der Waals surface area contributed by atoms with E-state index in [1.807, 2.05) is 23.5 Å². The first kappa shape index (κ1) is 20.4. The number of aromatic nitrogens is 1. The fourth-order valence-electron chi connectivity index (χ4n) is 4.39. The molecule has 4 rings (SSSR count). The average molecular weight is 428 g/mol. The van der Waals surface area contributed by atoms with Crippen molar-refractivity contribution in [3.05, 3.63) is 51.0 Å². The topological polar surface area (TPSA) is 50.2 Å². The Bertz CT molecular complexity index is 1060. The Balaban J connectivity index is 1.84. The van der Waals surface area contributed by atoms with Crippen molar-refractivity contribution in [3.8, 4) is 11.1 Å². The largest absolute Gasteiger partial charge is 0.481 e. The number of benzene rings is 1. The summed E-state index contributed by atoms with van der Waals surface area (Å²) in [6.45, 7) is 3.87. The highest BCUT2D eigenvalue weighted by Gasteiger charge is 2.23.